The summed E-state index contributed by atoms with van der Waals surface area (Å²) in [4.78, 5) is 2.15. The number of nitrogens with zero attached hydrogens (tertiary/aromatic N) is 3. The van der Waals surface area contributed by atoms with Crippen LogP contribution in [0.15, 0.2) is 72.9 Å². The summed E-state index contributed by atoms with van der Waals surface area (Å²) >= 11 is 0. The second-order valence-corrected chi connectivity index (χ2v) is 8.48. The molecule has 1 aliphatic heterocycles. The van der Waals surface area contributed by atoms with Gasteiger partial charge in [-0.15, -0.1) is 0 Å². The minimum Gasteiger partial charge on any atom is -0.457 e. The van der Waals surface area contributed by atoms with Crippen molar-refractivity contribution >= 4 is 16.6 Å². The van der Waals surface area contributed by atoms with Crippen LogP contribution < -0.4 is 9.64 Å². The summed E-state index contributed by atoms with van der Waals surface area (Å²) in [7, 11) is 0. The van der Waals surface area contributed by atoms with E-state index in [1.165, 1.54) is 19.1 Å². The molecule has 176 valence electrons. The Labute approximate surface area is 195 Å². The predicted molar refractivity (Wildman–Crippen MR) is 126 cm³/mol. The third-order valence-corrected chi connectivity index (χ3v) is 6.10. The fourth-order valence-electron chi connectivity index (χ4n) is 4.08. The lowest BCUT2D eigenvalue weighted by Gasteiger charge is -2.30. The highest BCUT2D eigenvalue weighted by Gasteiger charge is 2.36. The van der Waals surface area contributed by atoms with Crippen LogP contribution in [0, 0.1) is 5.82 Å². The highest BCUT2D eigenvalue weighted by atomic mass is 19.1. The molecule has 0 bridgehead atoms. The predicted octanol–water partition coefficient (Wildman–Crippen LogP) is 4.58. The third-order valence-electron chi connectivity index (χ3n) is 6.10. The van der Waals surface area contributed by atoms with Crippen LogP contribution in [-0.2, 0) is 10.3 Å². The minimum absolute atomic E-state index is 0.331. The van der Waals surface area contributed by atoms with Crippen LogP contribution in [0.3, 0.4) is 0 Å². The van der Waals surface area contributed by atoms with E-state index in [2.05, 4.69) is 10.00 Å². The topological polar surface area (TPSA) is 59.8 Å². The van der Waals surface area contributed by atoms with E-state index in [1.54, 1.807) is 59.4 Å². The van der Waals surface area contributed by atoms with Gasteiger partial charge in [-0.05, 0) is 61.0 Å². The van der Waals surface area contributed by atoms with E-state index >= 15 is 4.39 Å². The Kier molecular flexibility index (Phi) is 5.93. The van der Waals surface area contributed by atoms with Crippen molar-refractivity contribution in [3.8, 4) is 11.4 Å². The first-order valence-electron chi connectivity index (χ1n) is 11.1. The molecule has 0 radical (unpaired) electrons. The van der Waals surface area contributed by atoms with Crippen LogP contribution in [0.1, 0.15) is 12.5 Å². The molecule has 0 amide bonds. The lowest BCUT2D eigenvalue weighted by Crippen LogP contribution is -2.38. The largest absolute Gasteiger partial charge is 0.457 e. The van der Waals surface area contributed by atoms with Crippen LogP contribution in [0.5, 0.6) is 5.75 Å². The summed E-state index contributed by atoms with van der Waals surface area (Å²) in [6, 6.07) is 18.2. The van der Waals surface area contributed by atoms with Gasteiger partial charge in [-0.1, -0.05) is 12.1 Å². The number of ether oxygens (including phenoxy) is 2. The number of aromatic nitrogens is 2. The number of hydrogen-bond donors (Lipinski definition) is 1. The van der Waals surface area contributed by atoms with Gasteiger partial charge in [0.1, 0.15) is 11.6 Å². The molecule has 4 aromatic rings. The number of benzene rings is 3. The molecule has 1 fully saturated rings. The van der Waals surface area contributed by atoms with E-state index in [9.17, 15) is 9.50 Å². The summed E-state index contributed by atoms with van der Waals surface area (Å²) in [6.07, 6.45) is -0.380. The maximum atomic E-state index is 15.3. The SMILES string of the molecule is CC(O)(c1ccc2c(cnn2-c2ccc(F)cc2)c1)C(F)Oc1cccc(N2CCOCC2)c1. The van der Waals surface area contributed by atoms with Crippen LogP contribution in [-0.4, -0.2) is 47.5 Å². The molecule has 34 heavy (non-hydrogen) atoms. The van der Waals surface area contributed by atoms with Gasteiger partial charge in [-0.3, -0.25) is 0 Å². The first-order valence-corrected chi connectivity index (χ1v) is 11.1. The quantitative estimate of drug-likeness (QED) is 0.452. The molecule has 3 aromatic carbocycles. The number of alkyl halides is 1. The molecule has 8 heteroatoms. The minimum atomic E-state index is -2.00. The summed E-state index contributed by atoms with van der Waals surface area (Å²) in [6.45, 7) is 4.18. The van der Waals surface area contributed by atoms with E-state index in [-0.39, 0.29) is 5.82 Å². The van der Waals surface area contributed by atoms with E-state index in [4.69, 9.17) is 9.47 Å². The molecule has 0 spiro atoms. The molecule has 1 saturated heterocycles. The molecule has 5 rings (SSSR count). The molecule has 2 heterocycles. The number of anilines is 1. The van der Waals surface area contributed by atoms with Crippen LogP contribution in [0.4, 0.5) is 14.5 Å². The number of aliphatic hydroxyl groups is 1. The molecule has 1 aromatic heterocycles. The average Bonchev–Trinajstić information content (AvgIpc) is 3.28. The summed E-state index contributed by atoms with van der Waals surface area (Å²) < 4.78 is 41.1. The second kappa shape index (κ2) is 9.04. The highest BCUT2D eigenvalue weighted by molar-refractivity contribution is 5.81. The Bertz CT molecular complexity index is 1280. The number of morpholine rings is 1. The van der Waals surface area contributed by atoms with Crippen molar-refractivity contribution in [2.24, 2.45) is 0 Å². The number of fused-ring (bicyclic) bond motifs is 1. The van der Waals surface area contributed by atoms with Crippen molar-refractivity contribution < 1.29 is 23.4 Å². The maximum Gasteiger partial charge on any atom is 0.270 e. The lowest BCUT2D eigenvalue weighted by atomic mass is 9.95. The van der Waals surface area contributed by atoms with Crippen molar-refractivity contribution in [1.82, 2.24) is 9.78 Å². The van der Waals surface area contributed by atoms with Gasteiger partial charge in [-0.25, -0.2) is 9.07 Å². The fraction of sp³-hybridized carbons (Fsp3) is 0.269. The smallest absolute Gasteiger partial charge is 0.270 e. The Balaban J connectivity index is 1.36. The molecule has 0 aliphatic carbocycles. The molecular weight excluding hydrogens is 440 g/mol. The number of hydrogen-bond acceptors (Lipinski definition) is 5. The Morgan fingerprint density at radius 2 is 1.79 bits per heavy atom. The van der Waals surface area contributed by atoms with Gasteiger partial charge in [0.25, 0.3) is 6.36 Å². The van der Waals surface area contributed by atoms with E-state index in [0.717, 1.165) is 24.3 Å². The zero-order valence-electron chi connectivity index (χ0n) is 18.7. The summed E-state index contributed by atoms with van der Waals surface area (Å²) in [5, 5.41) is 16.1. The fourth-order valence-corrected chi connectivity index (χ4v) is 4.08. The van der Waals surface area contributed by atoms with Crippen molar-refractivity contribution in [3.05, 3.63) is 84.3 Å². The zero-order chi connectivity index (χ0) is 23.7. The number of halogens is 2. The molecule has 1 aliphatic rings. The van der Waals surface area contributed by atoms with Gasteiger partial charge in [0.05, 0.1) is 30.6 Å². The molecule has 2 atom stereocenters. The van der Waals surface area contributed by atoms with E-state index in [1.807, 2.05) is 6.07 Å². The van der Waals surface area contributed by atoms with Crippen LogP contribution >= 0.6 is 0 Å². The molecule has 6 nitrogen and oxygen atoms in total. The van der Waals surface area contributed by atoms with E-state index < -0.39 is 12.0 Å². The first kappa shape index (κ1) is 22.3. The highest BCUT2D eigenvalue weighted by Crippen LogP contribution is 2.33. The molecule has 0 saturated carbocycles. The van der Waals surface area contributed by atoms with Gasteiger partial charge >= 0.3 is 0 Å². The Morgan fingerprint density at radius 1 is 1.03 bits per heavy atom. The third kappa shape index (κ3) is 4.34. The molecule has 2 unspecified atom stereocenters. The maximum absolute atomic E-state index is 15.3. The Morgan fingerprint density at radius 3 is 2.56 bits per heavy atom. The van der Waals surface area contributed by atoms with Gasteiger partial charge < -0.3 is 19.5 Å². The van der Waals surface area contributed by atoms with Crippen LogP contribution in [0.2, 0.25) is 0 Å². The van der Waals surface area contributed by atoms with Gasteiger partial charge in [-0.2, -0.15) is 9.49 Å². The van der Waals surface area contributed by atoms with Gasteiger partial charge in [0.15, 0.2) is 5.60 Å². The Hall–Kier alpha value is -3.49. The first-order chi connectivity index (χ1) is 16.4. The number of rotatable bonds is 6. The average molecular weight is 466 g/mol. The van der Waals surface area contributed by atoms with Crippen molar-refractivity contribution in [1.29, 1.82) is 0 Å². The van der Waals surface area contributed by atoms with Crippen molar-refractivity contribution in [2.75, 3.05) is 31.2 Å². The molecular formula is C26H25F2N3O3. The second-order valence-electron chi connectivity index (χ2n) is 8.48. The van der Waals surface area contributed by atoms with Gasteiger partial charge in [0.2, 0.25) is 0 Å². The van der Waals surface area contributed by atoms with Crippen molar-refractivity contribution in [3.63, 3.8) is 0 Å². The van der Waals surface area contributed by atoms with Crippen LogP contribution in [0.25, 0.3) is 16.6 Å². The zero-order valence-corrected chi connectivity index (χ0v) is 18.7. The molecule has 1 N–H and O–H groups in total. The van der Waals surface area contributed by atoms with Gasteiger partial charge in [0, 0.05) is 30.2 Å². The standard InChI is InChI=1S/C26H25F2N3O3/c1-26(32,25(28)34-23-4-2-3-22(16-23)30-11-13-33-14-12-30)19-5-10-24-18(15-19)17-29-31(24)21-8-6-20(27)7-9-21/h2-10,15-17,25,32H,11-14H2,1H3. The summed E-state index contributed by atoms with van der Waals surface area (Å²) in [5.41, 5.74) is 0.822. The normalized spacial score (nSPS) is 16.9. The monoisotopic (exact) mass is 465 g/mol. The van der Waals surface area contributed by atoms with E-state index in [0.29, 0.717) is 35.6 Å². The summed E-state index contributed by atoms with van der Waals surface area (Å²) in [5.74, 6) is 0.00462. The van der Waals surface area contributed by atoms with Crippen molar-refractivity contribution in [2.45, 2.75) is 18.9 Å². The lowest BCUT2D eigenvalue weighted by molar-refractivity contribution is -0.119.